The van der Waals surface area contributed by atoms with Crippen LogP contribution in [0.15, 0.2) is 12.2 Å². The molecule has 0 radical (unpaired) electrons. The third-order valence-corrected chi connectivity index (χ3v) is 2.92. The van der Waals surface area contributed by atoms with Gasteiger partial charge in [0.1, 0.15) is 6.10 Å². The third-order valence-electron chi connectivity index (χ3n) is 2.92. The van der Waals surface area contributed by atoms with Crippen molar-refractivity contribution in [2.24, 2.45) is 11.8 Å². The second kappa shape index (κ2) is 3.30. The molecule has 12 heavy (non-hydrogen) atoms. The van der Waals surface area contributed by atoms with E-state index in [0.717, 1.165) is 18.8 Å². The Hall–Kier alpha value is -0.790. The van der Waals surface area contributed by atoms with E-state index in [2.05, 4.69) is 12.2 Å². The molecule has 0 aromatic heterocycles. The highest BCUT2D eigenvalue weighted by atomic mass is 16.5. The molecule has 0 spiro atoms. The average Bonchev–Trinajstić information content (AvgIpc) is 2.04. The minimum Gasteiger partial charge on any atom is -0.465 e. The van der Waals surface area contributed by atoms with Crippen molar-refractivity contribution in [2.75, 3.05) is 0 Å². The second-order valence-corrected chi connectivity index (χ2v) is 3.85. The van der Waals surface area contributed by atoms with Crippen molar-refractivity contribution in [2.45, 2.75) is 31.8 Å². The first-order valence-corrected chi connectivity index (χ1v) is 4.64. The summed E-state index contributed by atoms with van der Waals surface area (Å²) in [5, 5.41) is 0. The van der Waals surface area contributed by atoms with Gasteiger partial charge in [-0.1, -0.05) is 12.2 Å². The molecule has 66 valence electrons. The normalized spacial score (nSPS) is 39.2. The van der Waals surface area contributed by atoms with E-state index >= 15 is 0 Å². The topological polar surface area (TPSA) is 26.3 Å². The van der Waals surface area contributed by atoms with Crippen LogP contribution in [0.3, 0.4) is 0 Å². The number of carbonyl (C=O) groups is 1. The van der Waals surface area contributed by atoms with Crippen molar-refractivity contribution in [1.29, 1.82) is 0 Å². The summed E-state index contributed by atoms with van der Waals surface area (Å²) in [6.45, 7) is 0.593. The molecule has 0 N–H and O–H groups in total. The van der Waals surface area contributed by atoms with E-state index in [9.17, 15) is 4.79 Å². The van der Waals surface area contributed by atoms with Crippen LogP contribution in [-0.4, -0.2) is 12.6 Å². The van der Waals surface area contributed by atoms with Crippen molar-refractivity contribution >= 4 is 6.47 Å². The molecular weight excluding hydrogens is 152 g/mol. The molecular formula is C10H14O2. The highest BCUT2D eigenvalue weighted by Crippen LogP contribution is 2.36. The Kier molecular flexibility index (Phi) is 2.15. The van der Waals surface area contributed by atoms with Crippen molar-refractivity contribution in [3.63, 3.8) is 0 Å². The number of hydrogen-bond donors (Lipinski definition) is 0. The maximum Gasteiger partial charge on any atom is 0.293 e. The predicted octanol–water partition coefficient (Wildman–Crippen LogP) is 1.90. The Labute approximate surface area is 72.6 Å². The van der Waals surface area contributed by atoms with E-state index in [4.69, 9.17) is 4.74 Å². The smallest absolute Gasteiger partial charge is 0.293 e. The molecule has 2 heteroatoms. The van der Waals surface area contributed by atoms with Gasteiger partial charge in [-0.2, -0.15) is 0 Å². The quantitative estimate of drug-likeness (QED) is 0.462. The van der Waals surface area contributed by atoms with Crippen LogP contribution in [0.2, 0.25) is 0 Å². The molecule has 3 atom stereocenters. The summed E-state index contributed by atoms with van der Waals surface area (Å²) in [7, 11) is 0. The summed E-state index contributed by atoms with van der Waals surface area (Å²) in [6.07, 6.45) is 9.32. The Bertz CT molecular complexity index is 198. The van der Waals surface area contributed by atoms with Gasteiger partial charge >= 0.3 is 0 Å². The zero-order chi connectivity index (χ0) is 8.39. The number of fused-ring (bicyclic) bond motifs is 2. The molecule has 0 unspecified atom stereocenters. The lowest BCUT2D eigenvalue weighted by Crippen LogP contribution is -2.29. The van der Waals surface area contributed by atoms with Crippen LogP contribution in [0.1, 0.15) is 25.7 Å². The first kappa shape index (κ1) is 7.84. The molecule has 0 amide bonds. The fourth-order valence-electron chi connectivity index (χ4n) is 2.43. The highest BCUT2D eigenvalue weighted by Gasteiger charge is 2.29. The molecule has 0 heterocycles. The lowest BCUT2D eigenvalue weighted by Gasteiger charge is -2.34. The molecule has 1 fully saturated rings. The van der Waals surface area contributed by atoms with E-state index in [-0.39, 0.29) is 6.10 Å². The molecule has 2 rings (SSSR count). The average molecular weight is 166 g/mol. The number of ether oxygens (including phenoxy) is 1. The third kappa shape index (κ3) is 1.52. The zero-order valence-electron chi connectivity index (χ0n) is 7.11. The molecule has 0 aromatic rings. The van der Waals surface area contributed by atoms with Crippen LogP contribution in [0.25, 0.3) is 0 Å². The molecule has 1 saturated carbocycles. The van der Waals surface area contributed by atoms with Gasteiger partial charge in [0.15, 0.2) is 0 Å². The summed E-state index contributed by atoms with van der Waals surface area (Å²) in [5.41, 5.74) is 0. The SMILES string of the molecule is O=CO[C@@H]1C[C@@H]2C=CC[C@@H](C2)C1. The van der Waals surface area contributed by atoms with Gasteiger partial charge in [0.05, 0.1) is 0 Å². The molecule has 2 aliphatic carbocycles. The summed E-state index contributed by atoms with van der Waals surface area (Å²) in [5.74, 6) is 1.43. The van der Waals surface area contributed by atoms with E-state index < -0.39 is 0 Å². The number of allylic oxidation sites excluding steroid dienone is 2. The number of hydrogen-bond acceptors (Lipinski definition) is 2. The molecule has 0 aromatic carbocycles. The maximum absolute atomic E-state index is 10.2. The van der Waals surface area contributed by atoms with Gasteiger partial charge in [-0.25, -0.2) is 0 Å². The second-order valence-electron chi connectivity index (χ2n) is 3.85. The molecule has 2 bridgehead atoms. The first-order chi connectivity index (χ1) is 5.88. The molecule has 2 aliphatic rings. The van der Waals surface area contributed by atoms with Crippen molar-refractivity contribution in [3.05, 3.63) is 12.2 Å². The van der Waals surface area contributed by atoms with Crippen LogP contribution in [0.4, 0.5) is 0 Å². The van der Waals surface area contributed by atoms with Crippen LogP contribution >= 0.6 is 0 Å². The van der Waals surface area contributed by atoms with Gasteiger partial charge in [0.25, 0.3) is 6.47 Å². The van der Waals surface area contributed by atoms with E-state index in [1.807, 2.05) is 0 Å². The lowest BCUT2D eigenvalue weighted by atomic mass is 9.75. The van der Waals surface area contributed by atoms with Crippen molar-refractivity contribution in [3.8, 4) is 0 Å². The zero-order valence-corrected chi connectivity index (χ0v) is 7.11. The Morgan fingerprint density at radius 1 is 1.33 bits per heavy atom. The standard InChI is InChI=1S/C10H14O2/c11-7-12-10-5-8-2-1-3-9(4-8)6-10/h1-2,7-10H,3-6H2/t8-,9+,10-/m1/s1. The number of carbonyl (C=O) groups excluding carboxylic acids is 1. The predicted molar refractivity (Wildman–Crippen MR) is 45.5 cm³/mol. The summed E-state index contributed by atoms with van der Waals surface area (Å²) in [6, 6.07) is 0. The van der Waals surface area contributed by atoms with Gasteiger partial charge in [-0.3, -0.25) is 4.79 Å². The number of rotatable bonds is 2. The van der Waals surface area contributed by atoms with Gasteiger partial charge in [-0.05, 0) is 37.5 Å². The Morgan fingerprint density at radius 3 is 3.00 bits per heavy atom. The summed E-state index contributed by atoms with van der Waals surface area (Å²) in [4.78, 5) is 10.2. The maximum atomic E-state index is 10.2. The lowest BCUT2D eigenvalue weighted by molar-refractivity contribution is -0.136. The largest absolute Gasteiger partial charge is 0.465 e. The van der Waals surface area contributed by atoms with E-state index in [1.54, 1.807) is 0 Å². The van der Waals surface area contributed by atoms with Crippen molar-refractivity contribution < 1.29 is 9.53 Å². The fraction of sp³-hybridized carbons (Fsp3) is 0.700. The van der Waals surface area contributed by atoms with Crippen LogP contribution in [0, 0.1) is 11.8 Å². The molecule has 0 saturated heterocycles. The minimum absolute atomic E-state index is 0.191. The minimum atomic E-state index is 0.191. The van der Waals surface area contributed by atoms with Gasteiger partial charge < -0.3 is 4.74 Å². The highest BCUT2D eigenvalue weighted by molar-refractivity contribution is 5.37. The van der Waals surface area contributed by atoms with Crippen LogP contribution < -0.4 is 0 Å². The molecule has 0 aliphatic heterocycles. The summed E-state index contributed by atoms with van der Waals surface area (Å²) < 4.78 is 5.00. The first-order valence-electron chi connectivity index (χ1n) is 4.64. The van der Waals surface area contributed by atoms with Crippen LogP contribution in [0.5, 0.6) is 0 Å². The molecule has 2 nitrogen and oxygen atoms in total. The van der Waals surface area contributed by atoms with Crippen LogP contribution in [-0.2, 0) is 9.53 Å². The monoisotopic (exact) mass is 166 g/mol. The van der Waals surface area contributed by atoms with E-state index in [1.165, 1.54) is 12.8 Å². The van der Waals surface area contributed by atoms with Gasteiger partial charge in [0.2, 0.25) is 0 Å². The Morgan fingerprint density at radius 2 is 2.25 bits per heavy atom. The van der Waals surface area contributed by atoms with E-state index in [0.29, 0.717) is 12.4 Å². The van der Waals surface area contributed by atoms with Gasteiger partial charge in [-0.15, -0.1) is 0 Å². The summed E-state index contributed by atoms with van der Waals surface area (Å²) >= 11 is 0. The Balaban J connectivity index is 1.98. The fourth-order valence-corrected chi connectivity index (χ4v) is 2.43. The van der Waals surface area contributed by atoms with Gasteiger partial charge in [0, 0.05) is 0 Å². The van der Waals surface area contributed by atoms with Crippen molar-refractivity contribution in [1.82, 2.24) is 0 Å².